The average molecular weight is 602 g/mol. The minimum absolute atomic E-state index is 0.185. The third kappa shape index (κ3) is 6.83. The lowest BCUT2D eigenvalue weighted by Gasteiger charge is -2.16. The number of carboxylic acid groups (broad SMARTS) is 1. The fourth-order valence-corrected chi connectivity index (χ4v) is 5.30. The predicted octanol–water partition coefficient (Wildman–Crippen LogP) is 7.77. The van der Waals surface area contributed by atoms with Crippen molar-refractivity contribution in [3.8, 4) is 5.75 Å². The molecule has 3 N–H and O–H groups in total. The van der Waals surface area contributed by atoms with Crippen molar-refractivity contribution in [2.75, 3.05) is 17.7 Å². The molecular weight excluding hydrogens is 582 g/mol. The smallest absolute Gasteiger partial charge is 0.338 e. The van der Waals surface area contributed by atoms with E-state index in [1.807, 2.05) is 6.92 Å². The van der Waals surface area contributed by atoms with Crippen LogP contribution in [0, 0.1) is 0 Å². The maximum Gasteiger partial charge on any atom is 0.338 e. The van der Waals surface area contributed by atoms with Crippen LogP contribution in [0.5, 0.6) is 5.75 Å². The minimum Gasteiger partial charge on any atom is -0.497 e. The Kier molecular flexibility index (Phi) is 9.98. The molecular formula is C25H20Cl4N2O5S. The Bertz CT molecular complexity index is 1350. The van der Waals surface area contributed by atoms with Gasteiger partial charge in [0.25, 0.3) is 5.91 Å². The van der Waals surface area contributed by atoms with Gasteiger partial charge in [-0.1, -0.05) is 59.4 Å². The molecule has 0 bridgehead atoms. The normalized spacial score (nSPS) is 11.5. The first-order valence-electron chi connectivity index (χ1n) is 10.7. The van der Waals surface area contributed by atoms with Gasteiger partial charge in [0, 0.05) is 16.3 Å². The van der Waals surface area contributed by atoms with Gasteiger partial charge in [0.15, 0.2) is 0 Å². The number of nitrogens with one attached hydrogen (secondary N) is 2. The second-order valence-electron chi connectivity index (χ2n) is 7.53. The van der Waals surface area contributed by atoms with Gasteiger partial charge in [-0.3, -0.25) is 9.59 Å². The molecule has 37 heavy (non-hydrogen) atoms. The molecule has 0 aliphatic heterocycles. The van der Waals surface area contributed by atoms with Crippen LogP contribution in [0.3, 0.4) is 0 Å². The number of aromatic carboxylic acids is 1. The van der Waals surface area contributed by atoms with Gasteiger partial charge in [0.2, 0.25) is 5.91 Å². The summed E-state index contributed by atoms with van der Waals surface area (Å²) in [4.78, 5) is 38.3. The summed E-state index contributed by atoms with van der Waals surface area (Å²) in [6, 6.07) is 13.7. The van der Waals surface area contributed by atoms with Crippen molar-refractivity contribution >= 4 is 87.3 Å². The summed E-state index contributed by atoms with van der Waals surface area (Å²) in [7, 11) is 1.56. The number of anilines is 2. The lowest BCUT2D eigenvalue weighted by atomic mass is 10.1. The van der Waals surface area contributed by atoms with Crippen molar-refractivity contribution < 1.29 is 24.2 Å². The number of carboxylic acids is 1. The van der Waals surface area contributed by atoms with Crippen molar-refractivity contribution in [2.24, 2.45) is 0 Å². The van der Waals surface area contributed by atoms with E-state index in [0.29, 0.717) is 28.4 Å². The molecule has 0 heterocycles. The van der Waals surface area contributed by atoms with Gasteiger partial charge in [-0.25, -0.2) is 4.79 Å². The summed E-state index contributed by atoms with van der Waals surface area (Å²) >= 11 is 25.5. The monoisotopic (exact) mass is 600 g/mol. The molecule has 1 unspecified atom stereocenters. The molecule has 0 radical (unpaired) electrons. The van der Waals surface area contributed by atoms with Crippen molar-refractivity contribution in [1.82, 2.24) is 0 Å². The molecule has 194 valence electrons. The van der Waals surface area contributed by atoms with E-state index in [1.165, 1.54) is 11.8 Å². The molecule has 0 aromatic heterocycles. The standard InChI is InChI=1S/C25H20Cl4N2O5S/c1-3-16(23(32)30-12-7-9-14(36-2)10-8-12)37-15-6-4-5-13(11-15)31-24(33)17-18(25(34)35)20(27)22(29)21(28)19(17)26/h4-11,16H,3H2,1-2H3,(H,30,32)(H,31,33)(H,34,35). The zero-order valence-corrected chi connectivity index (χ0v) is 23.2. The van der Waals surface area contributed by atoms with E-state index in [4.69, 9.17) is 51.1 Å². The van der Waals surface area contributed by atoms with Crippen LogP contribution >= 0.6 is 58.2 Å². The maximum absolute atomic E-state index is 13.0. The summed E-state index contributed by atoms with van der Waals surface area (Å²) in [6.07, 6.45) is 0.544. The van der Waals surface area contributed by atoms with E-state index in [9.17, 15) is 19.5 Å². The molecule has 0 aliphatic rings. The second kappa shape index (κ2) is 12.8. The Morgan fingerprint density at radius 2 is 1.51 bits per heavy atom. The van der Waals surface area contributed by atoms with Crippen LogP contribution in [0.1, 0.15) is 34.1 Å². The number of hydrogen-bond donors (Lipinski definition) is 3. The van der Waals surface area contributed by atoms with E-state index in [-0.39, 0.29) is 21.0 Å². The van der Waals surface area contributed by atoms with Crippen LogP contribution in [0.15, 0.2) is 53.4 Å². The van der Waals surface area contributed by atoms with Crippen molar-refractivity contribution in [2.45, 2.75) is 23.5 Å². The van der Waals surface area contributed by atoms with Crippen molar-refractivity contribution in [3.05, 3.63) is 79.7 Å². The summed E-state index contributed by atoms with van der Waals surface area (Å²) in [5.41, 5.74) is -0.00504. The van der Waals surface area contributed by atoms with E-state index < -0.39 is 33.3 Å². The van der Waals surface area contributed by atoms with Crippen LogP contribution in [0.4, 0.5) is 11.4 Å². The largest absolute Gasteiger partial charge is 0.497 e. The molecule has 0 spiro atoms. The molecule has 0 saturated carbocycles. The number of carbonyl (C=O) groups excluding carboxylic acids is 2. The van der Waals surface area contributed by atoms with Gasteiger partial charge in [-0.05, 0) is 48.9 Å². The molecule has 12 heteroatoms. The zero-order chi connectivity index (χ0) is 27.3. The van der Waals surface area contributed by atoms with Crippen LogP contribution in [-0.4, -0.2) is 35.2 Å². The number of methoxy groups -OCH3 is 1. The molecule has 0 aliphatic carbocycles. The Balaban J connectivity index is 1.79. The van der Waals surface area contributed by atoms with Gasteiger partial charge in [-0.2, -0.15) is 0 Å². The SMILES string of the molecule is CCC(Sc1cccc(NC(=O)c2c(Cl)c(Cl)c(Cl)c(Cl)c2C(=O)O)c1)C(=O)Nc1ccc(OC)cc1. The number of amides is 2. The van der Waals surface area contributed by atoms with E-state index in [1.54, 1.807) is 55.6 Å². The highest BCUT2D eigenvalue weighted by molar-refractivity contribution is 8.00. The number of ether oxygens (including phenoxy) is 1. The van der Waals surface area contributed by atoms with E-state index >= 15 is 0 Å². The molecule has 7 nitrogen and oxygen atoms in total. The second-order valence-corrected chi connectivity index (χ2v) is 10.3. The number of carbonyl (C=O) groups is 3. The molecule has 2 amide bonds. The Morgan fingerprint density at radius 1 is 0.892 bits per heavy atom. The fraction of sp³-hybridized carbons (Fsp3) is 0.160. The summed E-state index contributed by atoms with van der Waals surface area (Å²) in [6.45, 7) is 1.89. The van der Waals surface area contributed by atoms with Crippen LogP contribution in [0.2, 0.25) is 20.1 Å². The van der Waals surface area contributed by atoms with E-state index in [0.717, 1.165) is 0 Å². The molecule has 3 aromatic rings. The number of thioether (sulfide) groups is 1. The Labute approximate surface area is 237 Å². The quantitative estimate of drug-likeness (QED) is 0.131. The van der Waals surface area contributed by atoms with Crippen LogP contribution < -0.4 is 15.4 Å². The number of halogens is 4. The van der Waals surface area contributed by atoms with E-state index in [2.05, 4.69) is 10.6 Å². The highest BCUT2D eigenvalue weighted by Crippen LogP contribution is 2.42. The highest BCUT2D eigenvalue weighted by atomic mass is 35.5. The first-order valence-corrected chi connectivity index (χ1v) is 13.1. The molecule has 0 saturated heterocycles. The third-order valence-electron chi connectivity index (χ3n) is 5.10. The van der Waals surface area contributed by atoms with Crippen LogP contribution in [0.25, 0.3) is 0 Å². The summed E-state index contributed by atoms with van der Waals surface area (Å²) < 4.78 is 5.13. The van der Waals surface area contributed by atoms with Crippen molar-refractivity contribution in [1.29, 1.82) is 0 Å². The Morgan fingerprint density at radius 3 is 2.08 bits per heavy atom. The van der Waals surface area contributed by atoms with Gasteiger partial charge < -0.3 is 20.5 Å². The summed E-state index contributed by atoms with van der Waals surface area (Å²) in [5.74, 6) is -1.84. The number of hydrogen-bond acceptors (Lipinski definition) is 5. The molecule has 1 atom stereocenters. The molecule has 3 rings (SSSR count). The Hall–Kier alpha value is -2.62. The minimum atomic E-state index is -1.49. The fourth-order valence-electron chi connectivity index (χ4n) is 3.27. The number of rotatable bonds is 9. The summed E-state index contributed by atoms with van der Waals surface area (Å²) in [5, 5.41) is 13.4. The first-order chi connectivity index (χ1) is 17.6. The van der Waals surface area contributed by atoms with Crippen molar-refractivity contribution in [3.63, 3.8) is 0 Å². The maximum atomic E-state index is 13.0. The number of benzene rings is 3. The van der Waals surface area contributed by atoms with Gasteiger partial charge in [0.1, 0.15) is 5.75 Å². The predicted molar refractivity (Wildman–Crippen MR) is 149 cm³/mol. The first kappa shape index (κ1) is 28.9. The third-order valence-corrected chi connectivity index (χ3v) is 8.26. The van der Waals surface area contributed by atoms with Gasteiger partial charge in [0.05, 0.1) is 43.6 Å². The topological polar surface area (TPSA) is 105 Å². The van der Waals surface area contributed by atoms with Gasteiger partial charge in [-0.15, -0.1) is 11.8 Å². The van der Waals surface area contributed by atoms with Crippen LogP contribution in [-0.2, 0) is 4.79 Å². The highest BCUT2D eigenvalue weighted by Gasteiger charge is 2.29. The van der Waals surface area contributed by atoms with Gasteiger partial charge >= 0.3 is 5.97 Å². The zero-order valence-electron chi connectivity index (χ0n) is 19.4. The molecule has 0 fully saturated rings. The lowest BCUT2D eigenvalue weighted by Crippen LogP contribution is -2.24. The molecule has 3 aromatic carbocycles. The average Bonchev–Trinajstić information content (AvgIpc) is 2.88. The lowest BCUT2D eigenvalue weighted by molar-refractivity contribution is -0.115.